The predicted molar refractivity (Wildman–Crippen MR) is 173 cm³/mol. The van der Waals surface area contributed by atoms with Gasteiger partial charge < -0.3 is 0 Å². The summed E-state index contributed by atoms with van der Waals surface area (Å²) in [7, 11) is 0. The molecule has 2 aliphatic rings. The van der Waals surface area contributed by atoms with Gasteiger partial charge in [-0.3, -0.25) is 0 Å². The molecule has 0 aliphatic heterocycles. The van der Waals surface area contributed by atoms with Crippen molar-refractivity contribution in [1.82, 2.24) is 9.97 Å². The standard InChI is InChI=1S/C35H46N2S2/c1-9-13-25(11-3)29-17-15-27(19-29)23(5)33-36-31(21-38-33)35(7,8)32-22-39-34(37-32)24(6)28-16-18-30(20-28)26(12-4)14-10-2/h15-22,25-26H,9-14H2,1-8H3. The van der Waals surface area contributed by atoms with Crippen LogP contribution in [-0.4, -0.2) is 9.97 Å². The van der Waals surface area contributed by atoms with Gasteiger partial charge in [0, 0.05) is 10.8 Å². The first-order valence-corrected chi connectivity index (χ1v) is 16.6. The van der Waals surface area contributed by atoms with Crippen LogP contribution in [-0.2, 0) is 5.41 Å². The summed E-state index contributed by atoms with van der Waals surface area (Å²) in [5.74, 6) is 1.32. The molecular weight excluding hydrogens is 513 g/mol. The van der Waals surface area contributed by atoms with E-state index in [-0.39, 0.29) is 5.41 Å². The summed E-state index contributed by atoms with van der Waals surface area (Å²) < 4.78 is 0. The third kappa shape index (κ3) is 6.38. The first-order valence-electron chi connectivity index (χ1n) is 14.9. The molecule has 2 unspecified atom stereocenters. The van der Waals surface area contributed by atoms with Crippen molar-refractivity contribution in [2.75, 3.05) is 0 Å². The van der Waals surface area contributed by atoms with Crippen LogP contribution in [0.4, 0.5) is 0 Å². The number of allylic oxidation sites excluding steroid dienone is 12. The molecule has 2 atom stereocenters. The molecule has 2 aromatic rings. The Morgan fingerprint density at radius 1 is 0.692 bits per heavy atom. The summed E-state index contributed by atoms with van der Waals surface area (Å²) in [5.41, 5.74) is 10.0. The van der Waals surface area contributed by atoms with E-state index in [1.807, 2.05) is 0 Å². The second kappa shape index (κ2) is 12.9. The number of nitrogens with zero attached hydrogens (tertiary/aromatic N) is 2. The molecule has 0 N–H and O–H groups in total. The van der Waals surface area contributed by atoms with Crippen LogP contribution >= 0.6 is 22.7 Å². The Bertz CT molecular complexity index is 1250. The Labute approximate surface area is 245 Å². The van der Waals surface area contributed by atoms with Crippen LogP contribution in [0.2, 0.25) is 0 Å². The maximum atomic E-state index is 5.15. The van der Waals surface area contributed by atoms with Crippen molar-refractivity contribution >= 4 is 33.8 Å². The first-order chi connectivity index (χ1) is 18.7. The molecule has 0 bridgehead atoms. The quantitative estimate of drug-likeness (QED) is 0.259. The molecule has 2 aromatic heterocycles. The van der Waals surface area contributed by atoms with Gasteiger partial charge in [0.05, 0.1) is 16.8 Å². The van der Waals surface area contributed by atoms with E-state index in [4.69, 9.17) is 9.97 Å². The molecular formula is C35H46N2S2. The van der Waals surface area contributed by atoms with E-state index in [0.717, 1.165) is 21.4 Å². The van der Waals surface area contributed by atoms with E-state index in [1.165, 1.54) is 72.0 Å². The first kappa shape index (κ1) is 29.7. The average Bonchev–Trinajstić information content (AvgIpc) is 3.75. The minimum absolute atomic E-state index is 0.249. The highest BCUT2D eigenvalue weighted by Crippen LogP contribution is 2.38. The van der Waals surface area contributed by atoms with E-state index >= 15 is 0 Å². The smallest absolute Gasteiger partial charge is 0.119 e. The Kier molecular flexibility index (Phi) is 9.82. The monoisotopic (exact) mass is 558 g/mol. The van der Waals surface area contributed by atoms with Gasteiger partial charge in [-0.25, -0.2) is 9.97 Å². The van der Waals surface area contributed by atoms with Gasteiger partial charge in [-0.15, -0.1) is 22.7 Å². The van der Waals surface area contributed by atoms with Gasteiger partial charge in [-0.2, -0.15) is 0 Å². The van der Waals surface area contributed by atoms with Crippen molar-refractivity contribution in [2.45, 2.75) is 99.3 Å². The van der Waals surface area contributed by atoms with Crippen LogP contribution in [0, 0.1) is 11.8 Å². The molecule has 2 heterocycles. The Hall–Kier alpha value is -2.30. The van der Waals surface area contributed by atoms with E-state index in [1.54, 1.807) is 22.7 Å². The predicted octanol–water partition coefficient (Wildman–Crippen LogP) is 11.1. The average molecular weight is 559 g/mol. The molecule has 0 saturated heterocycles. The number of hydrogen-bond donors (Lipinski definition) is 0. The Balaban J connectivity index is 1.55. The largest absolute Gasteiger partial charge is 0.240 e. The molecule has 0 fully saturated rings. The molecule has 0 radical (unpaired) electrons. The lowest BCUT2D eigenvalue weighted by Crippen LogP contribution is -2.20. The third-order valence-electron chi connectivity index (χ3n) is 8.55. The number of rotatable bonds is 12. The van der Waals surface area contributed by atoms with Gasteiger partial charge in [-0.05, 0) is 98.7 Å². The van der Waals surface area contributed by atoms with Gasteiger partial charge in [-0.1, -0.05) is 77.0 Å². The highest BCUT2D eigenvalue weighted by Gasteiger charge is 2.30. The summed E-state index contributed by atoms with van der Waals surface area (Å²) in [6, 6.07) is 0. The molecule has 208 valence electrons. The van der Waals surface area contributed by atoms with Crippen molar-refractivity contribution in [1.29, 1.82) is 0 Å². The molecule has 0 saturated carbocycles. The highest BCUT2D eigenvalue weighted by atomic mass is 32.1. The number of hydrogen-bond acceptors (Lipinski definition) is 4. The zero-order chi connectivity index (χ0) is 28.2. The van der Waals surface area contributed by atoms with E-state index in [9.17, 15) is 0 Å². The SMILES string of the molecule is CCCC(CC)C1=CC(=C(C)c2nc(C(C)(C)c3csc(C(C)=C4C=CC(C(CC)CCC)=C4)n3)cs2)C=C1. The molecule has 39 heavy (non-hydrogen) atoms. The second-order valence-corrected chi connectivity index (χ2v) is 13.3. The van der Waals surface area contributed by atoms with Crippen molar-refractivity contribution < 1.29 is 0 Å². The lowest BCUT2D eigenvalue weighted by atomic mass is 9.87. The van der Waals surface area contributed by atoms with Crippen LogP contribution < -0.4 is 0 Å². The van der Waals surface area contributed by atoms with Crippen LogP contribution in [0.3, 0.4) is 0 Å². The normalized spacial score (nSPS) is 19.4. The van der Waals surface area contributed by atoms with Gasteiger partial charge >= 0.3 is 0 Å². The van der Waals surface area contributed by atoms with Crippen molar-refractivity contribution in [2.24, 2.45) is 11.8 Å². The van der Waals surface area contributed by atoms with Gasteiger partial charge in [0.2, 0.25) is 0 Å². The summed E-state index contributed by atoms with van der Waals surface area (Å²) in [4.78, 5) is 10.3. The topological polar surface area (TPSA) is 25.8 Å². The molecule has 4 rings (SSSR count). The minimum Gasteiger partial charge on any atom is -0.240 e. The molecule has 0 amide bonds. The van der Waals surface area contributed by atoms with Crippen LogP contribution in [0.5, 0.6) is 0 Å². The fourth-order valence-electron chi connectivity index (χ4n) is 5.65. The van der Waals surface area contributed by atoms with Crippen LogP contribution in [0.25, 0.3) is 11.1 Å². The lowest BCUT2D eigenvalue weighted by molar-refractivity contribution is 0.545. The van der Waals surface area contributed by atoms with Crippen molar-refractivity contribution in [3.05, 3.63) is 90.9 Å². The zero-order valence-corrected chi connectivity index (χ0v) is 26.9. The maximum absolute atomic E-state index is 5.15. The van der Waals surface area contributed by atoms with Crippen LogP contribution in [0.1, 0.15) is 115 Å². The Morgan fingerprint density at radius 2 is 1.10 bits per heavy atom. The van der Waals surface area contributed by atoms with E-state index < -0.39 is 0 Å². The maximum Gasteiger partial charge on any atom is 0.119 e. The van der Waals surface area contributed by atoms with Crippen molar-refractivity contribution in [3.63, 3.8) is 0 Å². The van der Waals surface area contributed by atoms with E-state index in [2.05, 4.69) is 103 Å². The van der Waals surface area contributed by atoms with Crippen molar-refractivity contribution in [3.8, 4) is 0 Å². The third-order valence-corrected chi connectivity index (χ3v) is 10.5. The zero-order valence-electron chi connectivity index (χ0n) is 25.2. The second-order valence-electron chi connectivity index (χ2n) is 11.6. The van der Waals surface area contributed by atoms with Gasteiger partial charge in [0.15, 0.2) is 0 Å². The minimum atomic E-state index is -0.249. The Morgan fingerprint density at radius 3 is 1.46 bits per heavy atom. The van der Waals surface area contributed by atoms with Crippen LogP contribution in [0.15, 0.2) is 69.5 Å². The summed E-state index contributed by atoms with van der Waals surface area (Å²) in [5, 5.41) is 6.68. The highest BCUT2D eigenvalue weighted by molar-refractivity contribution is 7.11. The summed E-state index contributed by atoms with van der Waals surface area (Å²) in [6.07, 6.45) is 21.3. The number of aromatic nitrogens is 2. The summed E-state index contributed by atoms with van der Waals surface area (Å²) in [6.45, 7) is 18.1. The molecule has 0 spiro atoms. The molecule has 2 aliphatic carbocycles. The van der Waals surface area contributed by atoms with Gasteiger partial charge in [0.25, 0.3) is 0 Å². The number of thiazole rings is 2. The summed E-state index contributed by atoms with van der Waals surface area (Å²) >= 11 is 3.50. The molecule has 4 heteroatoms. The van der Waals surface area contributed by atoms with E-state index in [0.29, 0.717) is 11.8 Å². The lowest BCUT2D eigenvalue weighted by Gasteiger charge is -2.20. The molecule has 2 nitrogen and oxygen atoms in total. The van der Waals surface area contributed by atoms with Gasteiger partial charge in [0.1, 0.15) is 10.0 Å². The molecule has 0 aromatic carbocycles. The fraction of sp³-hybridized carbons (Fsp3) is 0.486. The fourth-order valence-corrected chi connectivity index (χ4v) is 7.68.